The van der Waals surface area contributed by atoms with Gasteiger partial charge in [-0.15, -0.1) is 0 Å². The maximum Gasteiger partial charge on any atom is 0.0411 e. The number of anilines is 1. The first-order valence-corrected chi connectivity index (χ1v) is 6.89. The molecule has 94 valence electrons. The van der Waals surface area contributed by atoms with Crippen LogP contribution in [0.1, 0.15) is 32.1 Å². The third-order valence-corrected chi connectivity index (χ3v) is 3.92. The minimum Gasteiger partial charge on any atom is -0.381 e. The molecule has 1 aromatic carbocycles. The van der Waals surface area contributed by atoms with E-state index in [4.69, 9.17) is 17.3 Å². The number of halogens is 1. The van der Waals surface area contributed by atoms with Crippen LogP contribution in [0, 0.1) is 5.92 Å². The van der Waals surface area contributed by atoms with Gasteiger partial charge >= 0.3 is 0 Å². The van der Waals surface area contributed by atoms with Gasteiger partial charge in [0.2, 0.25) is 0 Å². The first-order chi connectivity index (χ1) is 8.29. The van der Waals surface area contributed by atoms with Crippen molar-refractivity contribution >= 4 is 17.3 Å². The molecular formula is C14H21ClN2. The summed E-state index contributed by atoms with van der Waals surface area (Å²) in [6, 6.07) is 8.27. The fourth-order valence-corrected chi connectivity index (χ4v) is 2.79. The molecule has 0 aromatic heterocycles. The molecule has 1 saturated carbocycles. The molecule has 1 aliphatic rings. The van der Waals surface area contributed by atoms with Gasteiger partial charge in [-0.05, 0) is 43.0 Å². The summed E-state index contributed by atoms with van der Waals surface area (Å²) in [6.45, 7) is 0.702. The zero-order chi connectivity index (χ0) is 12.1. The third-order valence-electron chi connectivity index (χ3n) is 3.67. The van der Waals surface area contributed by atoms with Gasteiger partial charge in [-0.1, -0.05) is 30.9 Å². The molecule has 17 heavy (non-hydrogen) atoms. The van der Waals surface area contributed by atoms with Crippen molar-refractivity contribution < 1.29 is 0 Å². The van der Waals surface area contributed by atoms with Crippen LogP contribution in [0.3, 0.4) is 0 Å². The second-order valence-corrected chi connectivity index (χ2v) is 5.33. The Balaban J connectivity index is 1.96. The highest BCUT2D eigenvalue weighted by atomic mass is 35.5. The summed E-state index contributed by atoms with van der Waals surface area (Å²) < 4.78 is 0. The van der Waals surface area contributed by atoms with E-state index in [1.165, 1.54) is 32.1 Å². The van der Waals surface area contributed by atoms with Gasteiger partial charge in [-0.2, -0.15) is 0 Å². The maximum atomic E-state index is 5.89. The zero-order valence-electron chi connectivity index (χ0n) is 10.2. The van der Waals surface area contributed by atoms with Crippen molar-refractivity contribution in [2.45, 2.75) is 38.1 Å². The monoisotopic (exact) mass is 252 g/mol. The number of nitrogens with one attached hydrogen (secondary N) is 1. The van der Waals surface area contributed by atoms with E-state index >= 15 is 0 Å². The lowest BCUT2D eigenvalue weighted by Crippen LogP contribution is -2.37. The molecule has 2 rings (SSSR count). The van der Waals surface area contributed by atoms with E-state index in [1.807, 2.05) is 24.3 Å². The van der Waals surface area contributed by atoms with E-state index in [2.05, 4.69) is 5.32 Å². The molecule has 3 heteroatoms. The van der Waals surface area contributed by atoms with Crippen LogP contribution in [0.15, 0.2) is 24.3 Å². The summed E-state index contributed by atoms with van der Waals surface area (Å²) in [5, 5.41) is 4.32. The molecule has 0 heterocycles. The van der Waals surface area contributed by atoms with Gasteiger partial charge in [-0.25, -0.2) is 0 Å². The minimum atomic E-state index is 0.400. The second-order valence-electron chi connectivity index (χ2n) is 4.89. The highest BCUT2D eigenvalue weighted by molar-refractivity contribution is 6.30. The van der Waals surface area contributed by atoms with Crippen molar-refractivity contribution in [2.75, 3.05) is 11.9 Å². The van der Waals surface area contributed by atoms with Crippen molar-refractivity contribution in [3.8, 4) is 0 Å². The Hall–Kier alpha value is -0.730. The second kappa shape index (κ2) is 6.27. The van der Waals surface area contributed by atoms with Crippen LogP contribution >= 0.6 is 11.6 Å². The van der Waals surface area contributed by atoms with Crippen molar-refractivity contribution in [1.29, 1.82) is 0 Å². The van der Waals surface area contributed by atoms with Crippen LogP contribution in [-0.4, -0.2) is 12.6 Å². The van der Waals surface area contributed by atoms with Gasteiger partial charge < -0.3 is 11.1 Å². The van der Waals surface area contributed by atoms with Gasteiger partial charge in [-0.3, -0.25) is 0 Å². The smallest absolute Gasteiger partial charge is 0.0411 e. The number of benzene rings is 1. The van der Waals surface area contributed by atoms with E-state index in [0.717, 1.165) is 16.6 Å². The quantitative estimate of drug-likeness (QED) is 0.858. The van der Waals surface area contributed by atoms with E-state index in [1.54, 1.807) is 0 Å². The van der Waals surface area contributed by atoms with Crippen molar-refractivity contribution in [3.05, 3.63) is 29.3 Å². The van der Waals surface area contributed by atoms with E-state index < -0.39 is 0 Å². The molecule has 0 radical (unpaired) electrons. The highest BCUT2D eigenvalue weighted by Gasteiger charge is 2.22. The summed E-state index contributed by atoms with van der Waals surface area (Å²) in [5.41, 5.74) is 7.01. The summed E-state index contributed by atoms with van der Waals surface area (Å²) in [4.78, 5) is 0. The van der Waals surface area contributed by atoms with Crippen LogP contribution in [-0.2, 0) is 0 Å². The van der Waals surface area contributed by atoms with Crippen LogP contribution in [0.5, 0.6) is 0 Å². The molecular weight excluding hydrogens is 232 g/mol. The molecule has 1 aromatic rings. The summed E-state index contributed by atoms with van der Waals surface area (Å²) in [7, 11) is 0. The summed E-state index contributed by atoms with van der Waals surface area (Å²) in [5.74, 6) is 0.726. The van der Waals surface area contributed by atoms with Crippen molar-refractivity contribution in [1.82, 2.24) is 0 Å². The molecule has 3 N–H and O–H groups in total. The SMILES string of the molecule is NCC(Nc1ccc(Cl)cc1)C1CCCCC1. The Morgan fingerprint density at radius 3 is 2.41 bits per heavy atom. The molecule has 2 nitrogen and oxygen atoms in total. The topological polar surface area (TPSA) is 38.0 Å². The first kappa shape index (κ1) is 12.7. The largest absolute Gasteiger partial charge is 0.381 e. The van der Waals surface area contributed by atoms with Crippen LogP contribution < -0.4 is 11.1 Å². The number of hydrogen-bond donors (Lipinski definition) is 2. The Kier molecular flexibility index (Phi) is 4.69. The average molecular weight is 253 g/mol. The predicted octanol–water partition coefficient (Wildman–Crippen LogP) is 3.66. The standard InChI is InChI=1S/C14H21ClN2/c15-12-6-8-13(9-7-12)17-14(10-16)11-4-2-1-3-5-11/h6-9,11,14,17H,1-5,10,16H2. The number of rotatable bonds is 4. The fraction of sp³-hybridized carbons (Fsp3) is 0.571. The van der Waals surface area contributed by atoms with E-state index in [9.17, 15) is 0 Å². The van der Waals surface area contributed by atoms with Gasteiger partial charge in [0, 0.05) is 23.3 Å². The third kappa shape index (κ3) is 3.62. The molecule has 0 bridgehead atoms. The van der Waals surface area contributed by atoms with Crippen molar-refractivity contribution in [3.63, 3.8) is 0 Å². The Bertz CT molecular complexity index is 331. The highest BCUT2D eigenvalue weighted by Crippen LogP contribution is 2.28. The molecule has 0 aliphatic heterocycles. The summed E-state index contributed by atoms with van der Waals surface area (Å²) in [6.07, 6.45) is 6.70. The molecule has 1 atom stereocenters. The van der Waals surface area contributed by atoms with Gasteiger partial charge in [0.25, 0.3) is 0 Å². The zero-order valence-corrected chi connectivity index (χ0v) is 10.9. The minimum absolute atomic E-state index is 0.400. The van der Waals surface area contributed by atoms with Gasteiger partial charge in [0.15, 0.2) is 0 Å². The normalized spacial score (nSPS) is 18.9. The number of nitrogens with two attached hydrogens (primary N) is 1. The molecule has 0 spiro atoms. The first-order valence-electron chi connectivity index (χ1n) is 6.52. The summed E-state index contributed by atoms with van der Waals surface area (Å²) >= 11 is 5.88. The lowest BCUT2D eigenvalue weighted by atomic mass is 9.84. The molecule has 0 saturated heterocycles. The van der Waals surface area contributed by atoms with Crippen LogP contribution in [0.2, 0.25) is 5.02 Å². The maximum absolute atomic E-state index is 5.89. The van der Waals surface area contributed by atoms with Crippen molar-refractivity contribution in [2.24, 2.45) is 11.7 Å². The van der Waals surface area contributed by atoms with E-state index in [0.29, 0.717) is 12.6 Å². The Morgan fingerprint density at radius 2 is 1.82 bits per heavy atom. The van der Waals surface area contributed by atoms with Gasteiger partial charge in [0.05, 0.1) is 0 Å². The lowest BCUT2D eigenvalue weighted by Gasteiger charge is -2.30. The predicted molar refractivity (Wildman–Crippen MR) is 74.5 cm³/mol. The lowest BCUT2D eigenvalue weighted by molar-refractivity contribution is 0.320. The Labute approximate surface area is 109 Å². The number of hydrogen-bond acceptors (Lipinski definition) is 2. The van der Waals surface area contributed by atoms with Gasteiger partial charge in [0.1, 0.15) is 0 Å². The van der Waals surface area contributed by atoms with Crippen LogP contribution in [0.25, 0.3) is 0 Å². The molecule has 1 aliphatic carbocycles. The molecule has 1 unspecified atom stereocenters. The molecule has 0 amide bonds. The fourth-order valence-electron chi connectivity index (χ4n) is 2.67. The van der Waals surface area contributed by atoms with Crippen LogP contribution in [0.4, 0.5) is 5.69 Å². The Morgan fingerprint density at radius 1 is 1.18 bits per heavy atom. The average Bonchev–Trinajstić information content (AvgIpc) is 2.39. The van der Waals surface area contributed by atoms with E-state index in [-0.39, 0.29) is 0 Å². The molecule has 1 fully saturated rings.